The Morgan fingerprint density at radius 2 is 2.07 bits per heavy atom. The number of aromatic carboxylic acids is 1. The van der Waals surface area contributed by atoms with Gasteiger partial charge in [0, 0.05) is 12.1 Å². The molecule has 1 amide bonds. The number of amidine groups is 1. The molecule has 2 aromatic rings. The molecule has 3 rings (SSSR count). The summed E-state index contributed by atoms with van der Waals surface area (Å²) < 4.78 is 14.1. The SMILES string of the molecule is C=CCN1C(=O)/C(=C/c2c(F)cccc2Cl)SC1=Nc1cccc(C(=O)O)c1. The van der Waals surface area contributed by atoms with Crippen molar-refractivity contribution in [2.45, 2.75) is 0 Å². The molecule has 2 aromatic carbocycles. The molecule has 1 aliphatic heterocycles. The highest BCUT2D eigenvalue weighted by Gasteiger charge is 2.33. The summed E-state index contributed by atoms with van der Waals surface area (Å²) in [7, 11) is 0. The standard InChI is InChI=1S/C20H14ClFN2O3S/c1-2-9-24-18(25)17(11-14-15(21)7-4-8-16(14)22)28-20(24)23-13-6-3-5-12(10-13)19(26)27/h2-8,10-11H,1,9H2,(H,26,27)/b17-11-,23-20?. The number of nitrogens with zero attached hydrogens (tertiary/aromatic N) is 2. The second-order valence-corrected chi connectivity index (χ2v) is 7.12. The predicted molar refractivity (Wildman–Crippen MR) is 109 cm³/mol. The van der Waals surface area contributed by atoms with Gasteiger partial charge in [-0.3, -0.25) is 9.69 Å². The second kappa shape index (κ2) is 8.41. The summed E-state index contributed by atoms with van der Waals surface area (Å²) in [4.78, 5) is 29.9. The molecule has 8 heteroatoms. The van der Waals surface area contributed by atoms with Crippen LogP contribution in [0.15, 0.2) is 65.0 Å². The van der Waals surface area contributed by atoms with Crippen LogP contribution in [0.25, 0.3) is 6.08 Å². The third-order valence-electron chi connectivity index (χ3n) is 3.79. The Bertz CT molecular complexity index is 1020. The summed E-state index contributed by atoms with van der Waals surface area (Å²) in [5.41, 5.74) is 0.586. The molecule has 0 aromatic heterocycles. The number of benzene rings is 2. The molecule has 5 nitrogen and oxygen atoms in total. The van der Waals surface area contributed by atoms with Crippen LogP contribution >= 0.6 is 23.4 Å². The van der Waals surface area contributed by atoms with Gasteiger partial charge in [-0.15, -0.1) is 6.58 Å². The van der Waals surface area contributed by atoms with Crippen LogP contribution in [0.2, 0.25) is 5.02 Å². The minimum atomic E-state index is -1.07. The van der Waals surface area contributed by atoms with Gasteiger partial charge in [0.2, 0.25) is 0 Å². The smallest absolute Gasteiger partial charge is 0.335 e. The lowest BCUT2D eigenvalue weighted by molar-refractivity contribution is -0.121. The first kappa shape index (κ1) is 19.9. The molecule has 0 saturated carbocycles. The van der Waals surface area contributed by atoms with Crippen molar-refractivity contribution in [3.8, 4) is 0 Å². The maximum Gasteiger partial charge on any atom is 0.335 e. The van der Waals surface area contributed by atoms with Crippen LogP contribution in [0, 0.1) is 5.82 Å². The summed E-state index contributed by atoms with van der Waals surface area (Å²) in [5.74, 6) is -1.98. The molecule has 0 spiro atoms. The number of rotatable bonds is 5. The minimum Gasteiger partial charge on any atom is -0.478 e. The topological polar surface area (TPSA) is 70.0 Å². The molecule has 0 bridgehead atoms. The average Bonchev–Trinajstić information content (AvgIpc) is 2.94. The number of carbonyl (C=O) groups excluding carboxylic acids is 1. The van der Waals surface area contributed by atoms with Crippen LogP contribution in [0.1, 0.15) is 15.9 Å². The number of thioether (sulfide) groups is 1. The molecule has 1 saturated heterocycles. The Hall–Kier alpha value is -2.90. The number of carbonyl (C=O) groups is 2. The molecule has 1 aliphatic rings. The summed E-state index contributed by atoms with van der Waals surface area (Å²) in [6.45, 7) is 3.84. The van der Waals surface area contributed by atoms with Gasteiger partial charge in [0.05, 0.1) is 21.2 Å². The van der Waals surface area contributed by atoms with Crippen molar-refractivity contribution in [3.63, 3.8) is 0 Å². The zero-order chi connectivity index (χ0) is 20.3. The molecular formula is C20H14ClFN2O3S. The molecule has 1 N–H and O–H groups in total. The summed E-state index contributed by atoms with van der Waals surface area (Å²) in [6.07, 6.45) is 2.93. The highest BCUT2D eigenvalue weighted by molar-refractivity contribution is 8.18. The van der Waals surface area contributed by atoms with Crippen molar-refractivity contribution in [3.05, 3.63) is 82.0 Å². The van der Waals surface area contributed by atoms with Crippen LogP contribution in [0.4, 0.5) is 10.1 Å². The largest absolute Gasteiger partial charge is 0.478 e. The van der Waals surface area contributed by atoms with E-state index in [0.717, 1.165) is 11.8 Å². The Balaban J connectivity index is 2.01. The fourth-order valence-electron chi connectivity index (χ4n) is 2.48. The Morgan fingerprint density at radius 3 is 2.75 bits per heavy atom. The lowest BCUT2D eigenvalue weighted by atomic mass is 10.2. The Morgan fingerprint density at radius 1 is 1.32 bits per heavy atom. The van der Waals surface area contributed by atoms with Crippen LogP contribution < -0.4 is 0 Å². The molecule has 1 fully saturated rings. The number of aliphatic imine (C=N–C) groups is 1. The Labute approximate surface area is 169 Å². The summed E-state index contributed by atoms with van der Waals surface area (Å²) in [6, 6.07) is 10.3. The van der Waals surface area contributed by atoms with Crippen molar-refractivity contribution >= 4 is 52.2 Å². The molecule has 0 atom stereocenters. The summed E-state index contributed by atoms with van der Waals surface area (Å²) >= 11 is 7.10. The highest BCUT2D eigenvalue weighted by atomic mass is 35.5. The van der Waals surface area contributed by atoms with Crippen LogP contribution in [0.5, 0.6) is 0 Å². The lowest BCUT2D eigenvalue weighted by Gasteiger charge is -2.12. The monoisotopic (exact) mass is 416 g/mol. The average molecular weight is 417 g/mol. The number of carboxylic acid groups (broad SMARTS) is 1. The third kappa shape index (κ3) is 4.16. The van der Waals surface area contributed by atoms with Crippen LogP contribution in [0.3, 0.4) is 0 Å². The van der Waals surface area contributed by atoms with Crippen molar-refractivity contribution < 1.29 is 19.1 Å². The molecule has 28 heavy (non-hydrogen) atoms. The number of hydrogen-bond acceptors (Lipinski definition) is 4. The third-order valence-corrected chi connectivity index (χ3v) is 5.13. The number of hydrogen-bond donors (Lipinski definition) is 1. The number of amides is 1. The van der Waals surface area contributed by atoms with Gasteiger partial charge in [-0.2, -0.15) is 0 Å². The number of halogens is 2. The maximum absolute atomic E-state index is 14.1. The predicted octanol–water partition coefficient (Wildman–Crippen LogP) is 4.97. The van der Waals surface area contributed by atoms with Crippen molar-refractivity contribution in [1.82, 2.24) is 4.90 Å². The lowest BCUT2D eigenvalue weighted by Crippen LogP contribution is -2.29. The fourth-order valence-corrected chi connectivity index (χ4v) is 3.69. The van der Waals surface area contributed by atoms with Gasteiger partial charge in [-0.05, 0) is 48.2 Å². The normalized spacial score (nSPS) is 16.8. The van der Waals surface area contributed by atoms with Crippen molar-refractivity contribution in [2.75, 3.05) is 6.54 Å². The van der Waals surface area contributed by atoms with E-state index in [1.54, 1.807) is 18.2 Å². The van der Waals surface area contributed by atoms with Gasteiger partial charge in [0.15, 0.2) is 5.17 Å². The van der Waals surface area contributed by atoms with Gasteiger partial charge in [0.25, 0.3) is 5.91 Å². The fraction of sp³-hybridized carbons (Fsp3) is 0.0500. The van der Waals surface area contributed by atoms with E-state index in [1.165, 1.54) is 41.3 Å². The zero-order valence-corrected chi connectivity index (χ0v) is 16.0. The van der Waals surface area contributed by atoms with Crippen LogP contribution in [-0.4, -0.2) is 33.6 Å². The molecule has 0 unspecified atom stereocenters. The van der Waals surface area contributed by atoms with E-state index in [4.69, 9.17) is 16.7 Å². The first-order valence-corrected chi connectivity index (χ1v) is 9.28. The number of carboxylic acids is 1. The van der Waals surface area contributed by atoms with E-state index in [9.17, 15) is 14.0 Å². The highest BCUT2D eigenvalue weighted by Crippen LogP contribution is 2.35. The van der Waals surface area contributed by atoms with Crippen molar-refractivity contribution in [1.29, 1.82) is 0 Å². The first-order valence-electron chi connectivity index (χ1n) is 8.09. The maximum atomic E-state index is 14.1. The van der Waals surface area contributed by atoms with E-state index < -0.39 is 11.8 Å². The first-order chi connectivity index (χ1) is 13.4. The molecule has 0 aliphatic carbocycles. The summed E-state index contributed by atoms with van der Waals surface area (Å²) in [5, 5.41) is 9.65. The molecule has 142 valence electrons. The quantitative estimate of drug-likeness (QED) is 0.552. The van der Waals surface area contributed by atoms with Crippen LogP contribution in [-0.2, 0) is 4.79 Å². The second-order valence-electron chi connectivity index (χ2n) is 5.70. The van der Waals surface area contributed by atoms with Gasteiger partial charge in [-0.25, -0.2) is 14.2 Å². The van der Waals surface area contributed by atoms with E-state index in [-0.39, 0.29) is 33.5 Å². The zero-order valence-electron chi connectivity index (χ0n) is 14.4. The van der Waals surface area contributed by atoms with Crippen molar-refractivity contribution in [2.24, 2.45) is 4.99 Å². The van der Waals surface area contributed by atoms with Gasteiger partial charge < -0.3 is 5.11 Å². The molecular weight excluding hydrogens is 403 g/mol. The van der Waals surface area contributed by atoms with Gasteiger partial charge >= 0.3 is 5.97 Å². The van der Waals surface area contributed by atoms with E-state index in [0.29, 0.717) is 10.9 Å². The van der Waals surface area contributed by atoms with E-state index in [1.807, 2.05) is 0 Å². The minimum absolute atomic E-state index is 0.0837. The van der Waals surface area contributed by atoms with E-state index >= 15 is 0 Å². The van der Waals surface area contributed by atoms with E-state index in [2.05, 4.69) is 11.6 Å². The molecule has 0 radical (unpaired) electrons. The molecule has 1 heterocycles. The van der Waals surface area contributed by atoms with Gasteiger partial charge in [-0.1, -0.05) is 29.8 Å². The van der Waals surface area contributed by atoms with Gasteiger partial charge in [0.1, 0.15) is 5.82 Å². The Kier molecular flexibility index (Phi) is 5.96.